The van der Waals surface area contributed by atoms with Crippen LogP contribution in [-0.2, 0) is 10.0 Å². The number of hydrogen-bond donors (Lipinski definition) is 1. The molecule has 1 fully saturated rings. The van der Waals surface area contributed by atoms with Crippen molar-refractivity contribution in [3.05, 3.63) is 0 Å². The molecule has 0 amide bonds. The van der Waals surface area contributed by atoms with Crippen LogP contribution in [0.3, 0.4) is 0 Å². The van der Waals surface area contributed by atoms with Crippen LogP contribution in [-0.4, -0.2) is 37.6 Å². The maximum absolute atomic E-state index is 12.0. The molecule has 1 aliphatic heterocycles. The van der Waals surface area contributed by atoms with Gasteiger partial charge in [0.05, 0.1) is 5.75 Å². The zero-order chi connectivity index (χ0) is 13.8. The Kier molecular flexibility index (Phi) is 6.08. The van der Waals surface area contributed by atoms with Crippen molar-refractivity contribution in [3.8, 4) is 0 Å². The van der Waals surface area contributed by atoms with Crippen molar-refractivity contribution in [2.45, 2.75) is 52.5 Å². The number of nitrogens with two attached hydrogens (primary N) is 1. The van der Waals surface area contributed by atoms with Crippen molar-refractivity contribution < 1.29 is 8.42 Å². The maximum atomic E-state index is 12.0. The van der Waals surface area contributed by atoms with Crippen LogP contribution >= 0.6 is 0 Å². The van der Waals surface area contributed by atoms with Gasteiger partial charge < -0.3 is 5.73 Å². The van der Waals surface area contributed by atoms with Crippen molar-refractivity contribution >= 4 is 10.0 Å². The molecule has 2 atom stereocenters. The number of nitrogens with zero attached hydrogens (tertiary/aromatic N) is 1. The first-order valence-electron chi connectivity index (χ1n) is 7.08. The smallest absolute Gasteiger partial charge is 0.214 e. The van der Waals surface area contributed by atoms with Gasteiger partial charge in [-0.3, -0.25) is 0 Å². The molecule has 0 radical (unpaired) electrons. The molecule has 0 aromatic heterocycles. The van der Waals surface area contributed by atoms with Gasteiger partial charge in [-0.2, -0.15) is 4.31 Å². The van der Waals surface area contributed by atoms with Crippen molar-refractivity contribution in [2.24, 2.45) is 17.6 Å². The zero-order valence-electron chi connectivity index (χ0n) is 11.9. The summed E-state index contributed by atoms with van der Waals surface area (Å²) in [4.78, 5) is 0. The third kappa shape index (κ3) is 4.21. The highest BCUT2D eigenvalue weighted by Gasteiger charge is 2.30. The summed E-state index contributed by atoms with van der Waals surface area (Å²) in [7, 11) is -3.00. The van der Waals surface area contributed by atoms with E-state index in [4.69, 9.17) is 5.73 Å². The van der Waals surface area contributed by atoms with E-state index in [1.54, 1.807) is 4.31 Å². The van der Waals surface area contributed by atoms with Crippen LogP contribution in [0.2, 0.25) is 0 Å². The highest BCUT2D eigenvalue weighted by Crippen LogP contribution is 2.23. The summed E-state index contributed by atoms with van der Waals surface area (Å²) in [5.41, 5.74) is 5.76. The molecule has 5 heteroatoms. The van der Waals surface area contributed by atoms with Gasteiger partial charge in [-0.05, 0) is 51.0 Å². The summed E-state index contributed by atoms with van der Waals surface area (Å²) in [6.45, 7) is 7.77. The van der Waals surface area contributed by atoms with Crippen molar-refractivity contribution in [1.29, 1.82) is 0 Å². The molecule has 0 spiro atoms. The topological polar surface area (TPSA) is 63.4 Å². The van der Waals surface area contributed by atoms with Crippen LogP contribution in [0.5, 0.6) is 0 Å². The van der Waals surface area contributed by atoms with E-state index in [9.17, 15) is 8.42 Å². The Labute approximate surface area is 112 Å². The van der Waals surface area contributed by atoms with Crippen LogP contribution in [0.4, 0.5) is 0 Å². The molecule has 108 valence electrons. The average molecular weight is 276 g/mol. The number of rotatable bonds is 6. The summed E-state index contributed by atoms with van der Waals surface area (Å²) in [5.74, 6) is 1.39. The average Bonchev–Trinajstić information content (AvgIpc) is 2.28. The fourth-order valence-corrected chi connectivity index (χ4v) is 4.49. The second-order valence-electron chi connectivity index (χ2n) is 5.80. The van der Waals surface area contributed by atoms with Gasteiger partial charge >= 0.3 is 0 Å². The summed E-state index contributed by atoms with van der Waals surface area (Å²) in [6.07, 6.45) is 3.73. The lowest BCUT2D eigenvalue weighted by Gasteiger charge is -2.32. The Morgan fingerprint density at radius 3 is 2.33 bits per heavy atom. The minimum absolute atomic E-state index is 0.114. The van der Waals surface area contributed by atoms with E-state index in [0.717, 1.165) is 25.7 Å². The predicted molar refractivity (Wildman–Crippen MR) is 75.8 cm³/mol. The van der Waals surface area contributed by atoms with Crippen LogP contribution in [0.15, 0.2) is 0 Å². The SMILES string of the molecule is CC(C)[C@@H](CN)CC[C@H](C)N1CCCCS1(=O)=O. The van der Waals surface area contributed by atoms with E-state index in [0.29, 0.717) is 30.7 Å². The summed E-state index contributed by atoms with van der Waals surface area (Å²) >= 11 is 0. The fourth-order valence-electron chi connectivity index (χ4n) is 2.63. The maximum Gasteiger partial charge on any atom is 0.214 e. The molecule has 0 saturated carbocycles. The summed E-state index contributed by atoms with van der Waals surface area (Å²) in [6, 6.07) is 0.114. The third-order valence-electron chi connectivity index (χ3n) is 4.08. The molecule has 0 bridgehead atoms. The van der Waals surface area contributed by atoms with E-state index in [2.05, 4.69) is 13.8 Å². The van der Waals surface area contributed by atoms with E-state index < -0.39 is 10.0 Å². The number of hydrogen-bond acceptors (Lipinski definition) is 3. The highest BCUT2D eigenvalue weighted by molar-refractivity contribution is 7.89. The van der Waals surface area contributed by atoms with Crippen LogP contribution < -0.4 is 5.73 Å². The molecular weight excluding hydrogens is 248 g/mol. The fraction of sp³-hybridized carbons (Fsp3) is 1.00. The van der Waals surface area contributed by atoms with Gasteiger partial charge in [0.25, 0.3) is 0 Å². The summed E-state index contributed by atoms with van der Waals surface area (Å²) in [5, 5.41) is 0. The zero-order valence-corrected chi connectivity index (χ0v) is 12.7. The van der Waals surface area contributed by atoms with Crippen LogP contribution in [0, 0.1) is 11.8 Å². The lowest BCUT2D eigenvalue weighted by molar-refractivity contribution is 0.269. The molecule has 1 heterocycles. The molecule has 0 aromatic carbocycles. The monoisotopic (exact) mass is 276 g/mol. The normalized spacial score (nSPS) is 24.1. The molecule has 2 N–H and O–H groups in total. The molecule has 1 aliphatic rings. The Morgan fingerprint density at radius 2 is 1.83 bits per heavy atom. The quantitative estimate of drug-likeness (QED) is 0.805. The van der Waals surface area contributed by atoms with Crippen molar-refractivity contribution in [2.75, 3.05) is 18.8 Å². The molecule has 18 heavy (non-hydrogen) atoms. The van der Waals surface area contributed by atoms with Crippen LogP contribution in [0.25, 0.3) is 0 Å². The van der Waals surface area contributed by atoms with Gasteiger partial charge in [-0.15, -0.1) is 0 Å². The third-order valence-corrected chi connectivity index (χ3v) is 6.14. The van der Waals surface area contributed by atoms with Crippen molar-refractivity contribution in [1.82, 2.24) is 4.31 Å². The van der Waals surface area contributed by atoms with Gasteiger partial charge in [0.1, 0.15) is 0 Å². The molecule has 4 nitrogen and oxygen atoms in total. The first-order valence-corrected chi connectivity index (χ1v) is 8.69. The Bertz CT molecular complexity index is 341. The molecule has 0 unspecified atom stereocenters. The lowest BCUT2D eigenvalue weighted by atomic mass is 9.90. The first kappa shape index (κ1) is 15.9. The minimum Gasteiger partial charge on any atom is -0.330 e. The summed E-state index contributed by atoms with van der Waals surface area (Å²) < 4.78 is 25.6. The molecule has 0 aliphatic carbocycles. The van der Waals surface area contributed by atoms with E-state index in [1.807, 2.05) is 6.92 Å². The highest BCUT2D eigenvalue weighted by atomic mass is 32.2. The van der Waals surface area contributed by atoms with E-state index >= 15 is 0 Å². The molecule has 1 saturated heterocycles. The second-order valence-corrected chi connectivity index (χ2v) is 7.84. The van der Waals surface area contributed by atoms with Gasteiger partial charge in [0.2, 0.25) is 10.0 Å². The Hall–Kier alpha value is -0.130. The van der Waals surface area contributed by atoms with Crippen LogP contribution in [0.1, 0.15) is 46.5 Å². The van der Waals surface area contributed by atoms with Gasteiger partial charge in [0, 0.05) is 12.6 Å². The van der Waals surface area contributed by atoms with E-state index in [1.165, 1.54) is 0 Å². The van der Waals surface area contributed by atoms with Crippen molar-refractivity contribution in [3.63, 3.8) is 0 Å². The minimum atomic E-state index is -3.00. The molecular formula is C13H28N2O2S. The second kappa shape index (κ2) is 6.87. The van der Waals surface area contributed by atoms with E-state index in [-0.39, 0.29) is 6.04 Å². The Morgan fingerprint density at radius 1 is 1.17 bits per heavy atom. The van der Waals surface area contributed by atoms with Gasteiger partial charge in [-0.25, -0.2) is 8.42 Å². The lowest BCUT2D eigenvalue weighted by Crippen LogP contribution is -2.43. The molecule has 0 aromatic rings. The Balaban J connectivity index is 2.51. The predicted octanol–water partition coefficient (Wildman–Crippen LogP) is 1.81. The molecule has 1 rings (SSSR count). The van der Waals surface area contributed by atoms with Gasteiger partial charge in [0.15, 0.2) is 0 Å². The standard InChI is InChI=1S/C13H28N2O2S/c1-11(2)13(10-14)7-6-12(3)15-8-4-5-9-18(15,16)17/h11-13H,4-10,14H2,1-3H3/t12-,13+/m0/s1. The first-order chi connectivity index (χ1) is 8.38. The number of sulfonamides is 1. The van der Waals surface area contributed by atoms with Gasteiger partial charge in [-0.1, -0.05) is 13.8 Å². The largest absolute Gasteiger partial charge is 0.330 e.